The van der Waals surface area contributed by atoms with Crippen LogP contribution in [0.15, 0.2) is 48.5 Å². The number of nitrogens with one attached hydrogen (secondary N) is 1. The van der Waals surface area contributed by atoms with Gasteiger partial charge in [0.1, 0.15) is 5.82 Å². The second-order valence-corrected chi connectivity index (χ2v) is 4.91. The van der Waals surface area contributed by atoms with Gasteiger partial charge in [-0.3, -0.25) is 4.79 Å². The van der Waals surface area contributed by atoms with Crippen molar-refractivity contribution in [2.75, 3.05) is 5.32 Å². The summed E-state index contributed by atoms with van der Waals surface area (Å²) in [6, 6.07) is 14.6. The molecule has 0 aliphatic carbocycles. The van der Waals surface area contributed by atoms with E-state index in [0.717, 1.165) is 12.8 Å². The molecular formula is C17H19FN2O. The quantitative estimate of drug-likeness (QED) is 0.856. The number of aryl methyl sites for hydroxylation is 1. The van der Waals surface area contributed by atoms with Gasteiger partial charge < -0.3 is 11.1 Å². The molecule has 0 bridgehead atoms. The highest BCUT2D eigenvalue weighted by atomic mass is 19.1. The molecule has 4 heteroatoms. The van der Waals surface area contributed by atoms with Crippen molar-refractivity contribution in [1.82, 2.24) is 0 Å². The van der Waals surface area contributed by atoms with Crippen LogP contribution in [0.5, 0.6) is 0 Å². The first-order chi connectivity index (χ1) is 10.2. The van der Waals surface area contributed by atoms with E-state index in [1.165, 1.54) is 11.6 Å². The highest BCUT2D eigenvalue weighted by Crippen LogP contribution is 2.16. The van der Waals surface area contributed by atoms with Gasteiger partial charge in [0.2, 0.25) is 5.91 Å². The van der Waals surface area contributed by atoms with Gasteiger partial charge in [-0.05, 0) is 36.1 Å². The molecule has 0 aliphatic heterocycles. The number of carbonyl (C=O) groups excluding carboxylic acids is 1. The van der Waals surface area contributed by atoms with Crippen LogP contribution in [-0.4, -0.2) is 5.91 Å². The molecule has 0 saturated carbocycles. The molecule has 0 atom stereocenters. The molecule has 0 saturated heterocycles. The van der Waals surface area contributed by atoms with Gasteiger partial charge in [0.15, 0.2) is 0 Å². The smallest absolute Gasteiger partial charge is 0.224 e. The van der Waals surface area contributed by atoms with Crippen molar-refractivity contribution in [2.24, 2.45) is 5.73 Å². The van der Waals surface area contributed by atoms with Crippen LogP contribution in [0, 0.1) is 5.82 Å². The van der Waals surface area contributed by atoms with Crippen molar-refractivity contribution in [3.63, 3.8) is 0 Å². The standard InChI is InChI=1S/C17H19FN2O/c18-15-11-14(12-19)9-10-16(15)20-17(21)8-4-7-13-5-2-1-3-6-13/h1-3,5-6,9-11H,4,7-8,12,19H2,(H,20,21). The third kappa shape index (κ3) is 4.68. The van der Waals surface area contributed by atoms with E-state index in [1.807, 2.05) is 30.3 Å². The Balaban J connectivity index is 1.82. The van der Waals surface area contributed by atoms with Gasteiger partial charge in [-0.2, -0.15) is 0 Å². The molecular weight excluding hydrogens is 267 g/mol. The van der Waals surface area contributed by atoms with Crippen LogP contribution in [0.4, 0.5) is 10.1 Å². The molecule has 2 aromatic rings. The fourth-order valence-corrected chi connectivity index (χ4v) is 2.10. The minimum Gasteiger partial charge on any atom is -0.326 e. The Morgan fingerprint density at radius 3 is 2.52 bits per heavy atom. The monoisotopic (exact) mass is 286 g/mol. The van der Waals surface area contributed by atoms with Gasteiger partial charge in [0.25, 0.3) is 0 Å². The largest absolute Gasteiger partial charge is 0.326 e. The van der Waals surface area contributed by atoms with Crippen LogP contribution < -0.4 is 11.1 Å². The van der Waals surface area contributed by atoms with E-state index >= 15 is 0 Å². The zero-order valence-electron chi connectivity index (χ0n) is 11.8. The molecule has 3 nitrogen and oxygen atoms in total. The summed E-state index contributed by atoms with van der Waals surface area (Å²) in [5.74, 6) is -0.625. The van der Waals surface area contributed by atoms with E-state index < -0.39 is 5.82 Å². The zero-order valence-corrected chi connectivity index (χ0v) is 11.8. The summed E-state index contributed by atoms with van der Waals surface area (Å²) in [6.45, 7) is 0.280. The lowest BCUT2D eigenvalue weighted by molar-refractivity contribution is -0.116. The summed E-state index contributed by atoms with van der Waals surface area (Å²) < 4.78 is 13.7. The van der Waals surface area contributed by atoms with Gasteiger partial charge in [-0.15, -0.1) is 0 Å². The summed E-state index contributed by atoms with van der Waals surface area (Å²) in [7, 11) is 0. The van der Waals surface area contributed by atoms with E-state index in [0.29, 0.717) is 12.0 Å². The van der Waals surface area contributed by atoms with Gasteiger partial charge in [-0.25, -0.2) is 4.39 Å². The Morgan fingerprint density at radius 2 is 1.86 bits per heavy atom. The molecule has 0 spiro atoms. The molecule has 110 valence electrons. The number of hydrogen-bond donors (Lipinski definition) is 2. The highest BCUT2D eigenvalue weighted by molar-refractivity contribution is 5.90. The molecule has 0 fully saturated rings. The second-order valence-electron chi connectivity index (χ2n) is 4.91. The van der Waals surface area contributed by atoms with Crippen LogP contribution in [-0.2, 0) is 17.8 Å². The van der Waals surface area contributed by atoms with Gasteiger partial charge in [0, 0.05) is 13.0 Å². The first-order valence-corrected chi connectivity index (χ1v) is 7.01. The number of halogens is 1. The average molecular weight is 286 g/mol. The van der Waals surface area contributed by atoms with E-state index in [-0.39, 0.29) is 18.1 Å². The summed E-state index contributed by atoms with van der Waals surface area (Å²) in [5, 5.41) is 2.59. The normalized spacial score (nSPS) is 10.4. The minimum absolute atomic E-state index is 0.176. The van der Waals surface area contributed by atoms with Crippen LogP contribution in [0.25, 0.3) is 0 Å². The topological polar surface area (TPSA) is 55.1 Å². The lowest BCUT2D eigenvalue weighted by Gasteiger charge is -2.07. The summed E-state index contributed by atoms with van der Waals surface area (Å²) in [5.41, 5.74) is 7.54. The van der Waals surface area contributed by atoms with Crippen molar-refractivity contribution in [2.45, 2.75) is 25.8 Å². The van der Waals surface area contributed by atoms with Crippen LogP contribution in [0.2, 0.25) is 0 Å². The SMILES string of the molecule is NCc1ccc(NC(=O)CCCc2ccccc2)c(F)c1. The molecule has 0 aromatic heterocycles. The Hall–Kier alpha value is -2.20. The van der Waals surface area contributed by atoms with E-state index in [1.54, 1.807) is 12.1 Å². The summed E-state index contributed by atoms with van der Waals surface area (Å²) >= 11 is 0. The first-order valence-electron chi connectivity index (χ1n) is 7.01. The van der Waals surface area contributed by atoms with Crippen molar-refractivity contribution in [3.8, 4) is 0 Å². The van der Waals surface area contributed by atoms with Crippen molar-refractivity contribution in [3.05, 3.63) is 65.5 Å². The molecule has 0 radical (unpaired) electrons. The summed E-state index contributed by atoms with van der Waals surface area (Å²) in [4.78, 5) is 11.8. The zero-order chi connectivity index (χ0) is 15.1. The fraction of sp³-hybridized carbons (Fsp3) is 0.235. The van der Waals surface area contributed by atoms with Gasteiger partial charge in [0.05, 0.1) is 5.69 Å². The van der Waals surface area contributed by atoms with Crippen LogP contribution in [0.3, 0.4) is 0 Å². The average Bonchev–Trinajstić information content (AvgIpc) is 2.50. The van der Waals surface area contributed by atoms with Crippen molar-refractivity contribution >= 4 is 11.6 Å². The van der Waals surface area contributed by atoms with E-state index in [9.17, 15) is 9.18 Å². The third-order valence-corrected chi connectivity index (χ3v) is 3.26. The molecule has 2 rings (SSSR count). The Labute approximate surface area is 124 Å². The number of rotatable bonds is 6. The maximum absolute atomic E-state index is 13.7. The number of benzene rings is 2. The fourth-order valence-electron chi connectivity index (χ4n) is 2.10. The second kappa shape index (κ2) is 7.55. The third-order valence-electron chi connectivity index (χ3n) is 3.26. The number of carbonyl (C=O) groups is 1. The molecule has 21 heavy (non-hydrogen) atoms. The van der Waals surface area contributed by atoms with E-state index in [2.05, 4.69) is 5.32 Å². The number of anilines is 1. The molecule has 2 aromatic carbocycles. The Bertz CT molecular complexity index is 599. The summed E-state index contributed by atoms with van der Waals surface area (Å²) in [6.07, 6.45) is 1.94. The Kier molecular flexibility index (Phi) is 5.46. The van der Waals surface area contributed by atoms with Crippen LogP contribution in [0.1, 0.15) is 24.0 Å². The predicted molar refractivity (Wildman–Crippen MR) is 82.3 cm³/mol. The highest BCUT2D eigenvalue weighted by Gasteiger charge is 2.07. The lowest BCUT2D eigenvalue weighted by Crippen LogP contribution is -2.13. The number of amides is 1. The maximum Gasteiger partial charge on any atom is 0.224 e. The van der Waals surface area contributed by atoms with Crippen molar-refractivity contribution < 1.29 is 9.18 Å². The van der Waals surface area contributed by atoms with Crippen LogP contribution >= 0.6 is 0 Å². The lowest BCUT2D eigenvalue weighted by atomic mass is 10.1. The molecule has 0 heterocycles. The number of hydrogen-bond acceptors (Lipinski definition) is 2. The van der Waals surface area contributed by atoms with Crippen molar-refractivity contribution in [1.29, 1.82) is 0 Å². The Morgan fingerprint density at radius 1 is 1.10 bits per heavy atom. The number of nitrogens with two attached hydrogens (primary N) is 1. The molecule has 0 aliphatic rings. The molecule has 0 unspecified atom stereocenters. The molecule has 1 amide bonds. The van der Waals surface area contributed by atoms with Gasteiger partial charge in [-0.1, -0.05) is 36.4 Å². The minimum atomic E-state index is -0.450. The van der Waals surface area contributed by atoms with E-state index in [4.69, 9.17) is 5.73 Å². The predicted octanol–water partition coefficient (Wildman–Crippen LogP) is 3.25. The van der Waals surface area contributed by atoms with Gasteiger partial charge >= 0.3 is 0 Å². The molecule has 3 N–H and O–H groups in total. The first kappa shape index (κ1) is 15.2. The maximum atomic E-state index is 13.7.